The Morgan fingerprint density at radius 3 is 2.58 bits per heavy atom. The minimum Gasteiger partial charge on any atom is -0.303 e. The predicted octanol–water partition coefficient (Wildman–Crippen LogP) is 4.28. The van der Waals surface area contributed by atoms with Crippen molar-refractivity contribution in [2.24, 2.45) is 0 Å². The largest absolute Gasteiger partial charge is 0.303 e. The van der Waals surface area contributed by atoms with Crippen LogP contribution < -0.4 is 0 Å². The van der Waals surface area contributed by atoms with Gasteiger partial charge in [0.2, 0.25) is 0 Å². The Morgan fingerprint density at radius 2 is 1.85 bits per heavy atom. The average molecular weight is 433 g/mol. The van der Waals surface area contributed by atoms with Gasteiger partial charge in [-0.3, -0.25) is 0 Å². The summed E-state index contributed by atoms with van der Waals surface area (Å²) in [6.07, 6.45) is 5.04. The first kappa shape index (κ1) is 17.8. The minimum atomic E-state index is -3.67. The Labute approximate surface area is 162 Å². The highest BCUT2D eigenvalue weighted by atomic mass is 79.9. The number of aromatic nitrogens is 1. The third kappa shape index (κ3) is 3.00. The number of likely N-dealkylation sites (tertiary alicyclic amines) is 1. The molecule has 1 saturated heterocycles. The number of hydrogen-bond donors (Lipinski definition) is 0. The summed E-state index contributed by atoms with van der Waals surface area (Å²) in [4.78, 5) is 2.65. The van der Waals surface area contributed by atoms with Crippen LogP contribution in [0.5, 0.6) is 0 Å². The fraction of sp³-hybridized carbons (Fsp3) is 0.300. The van der Waals surface area contributed by atoms with Crippen LogP contribution >= 0.6 is 15.9 Å². The summed E-state index contributed by atoms with van der Waals surface area (Å²) in [6, 6.07) is 15.2. The van der Waals surface area contributed by atoms with Gasteiger partial charge in [0.1, 0.15) is 4.90 Å². The van der Waals surface area contributed by atoms with Gasteiger partial charge < -0.3 is 4.90 Å². The molecular weight excluding hydrogens is 412 g/mol. The average Bonchev–Trinajstić information content (AvgIpc) is 3.20. The highest BCUT2D eigenvalue weighted by Gasteiger charge is 2.26. The molecule has 0 bridgehead atoms. The Balaban J connectivity index is 1.85. The highest BCUT2D eigenvalue weighted by Crippen LogP contribution is 2.31. The van der Waals surface area contributed by atoms with Gasteiger partial charge in [-0.2, -0.15) is 0 Å². The summed E-state index contributed by atoms with van der Waals surface area (Å²) in [5, 5.41) is 1.02. The van der Waals surface area contributed by atoms with Crippen molar-refractivity contribution in [2.75, 3.05) is 13.6 Å². The van der Waals surface area contributed by atoms with Gasteiger partial charge in [0.05, 0.1) is 5.52 Å². The molecule has 1 fully saturated rings. The molecule has 26 heavy (non-hydrogen) atoms. The van der Waals surface area contributed by atoms with E-state index in [0.29, 0.717) is 10.5 Å². The standard InChI is InChI=1S/C20H21BrN2O2S/c1-22-12-6-7-16(22)13-15-14-23(19-10-4-2-8-17(15)19)26(24,25)20-11-5-3-9-18(20)21/h2-5,8-11,14,16H,6-7,12-13H2,1H3/t16-/m0/s1. The highest BCUT2D eigenvalue weighted by molar-refractivity contribution is 9.10. The van der Waals surface area contributed by atoms with Gasteiger partial charge in [-0.25, -0.2) is 12.4 Å². The van der Waals surface area contributed by atoms with E-state index in [9.17, 15) is 8.42 Å². The van der Waals surface area contributed by atoms with E-state index in [-0.39, 0.29) is 4.90 Å². The lowest BCUT2D eigenvalue weighted by molar-refractivity contribution is 0.310. The zero-order chi connectivity index (χ0) is 18.3. The van der Waals surface area contributed by atoms with Crippen molar-refractivity contribution in [1.29, 1.82) is 0 Å². The number of benzene rings is 2. The van der Waals surface area contributed by atoms with Gasteiger partial charge in [-0.15, -0.1) is 0 Å². The molecule has 0 spiro atoms. The van der Waals surface area contributed by atoms with E-state index in [4.69, 9.17) is 0 Å². The predicted molar refractivity (Wildman–Crippen MR) is 108 cm³/mol. The monoisotopic (exact) mass is 432 g/mol. The number of likely N-dealkylation sites (N-methyl/N-ethyl adjacent to an activating group) is 1. The van der Waals surface area contributed by atoms with Crippen LogP contribution in [0.15, 0.2) is 64.1 Å². The quantitative estimate of drug-likeness (QED) is 0.617. The molecule has 0 radical (unpaired) electrons. The Morgan fingerprint density at radius 1 is 1.12 bits per heavy atom. The van der Waals surface area contributed by atoms with Crippen LogP contribution in [0.1, 0.15) is 18.4 Å². The number of hydrogen-bond acceptors (Lipinski definition) is 3. The molecule has 0 saturated carbocycles. The summed E-state index contributed by atoms with van der Waals surface area (Å²) in [7, 11) is -1.52. The lowest BCUT2D eigenvalue weighted by Gasteiger charge is -2.18. The summed E-state index contributed by atoms with van der Waals surface area (Å²) < 4.78 is 28.6. The van der Waals surface area contributed by atoms with Gasteiger partial charge in [-0.1, -0.05) is 30.3 Å². The molecule has 0 N–H and O–H groups in total. The first-order chi connectivity index (χ1) is 12.5. The Hall–Kier alpha value is -1.63. The molecule has 0 aliphatic carbocycles. The van der Waals surface area contributed by atoms with Crippen molar-refractivity contribution in [3.63, 3.8) is 0 Å². The fourth-order valence-corrected chi connectivity index (χ4v) is 6.19. The van der Waals surface area contributed by atoms with Gasteiger partial charge in [-0.05, 0) is 72.5 Å². The number of halogens is 1. The lowest BCUT2D eigenvalue weighted by atomic mass is 10.0. The van der Waals surface area contributed by atoms with Crippen LogP contribution in [0.4, 0.5) is 0 Å². The molecule has 1 aliphatic heterocycles. The number of rotatable bonds is 4. The summed E-state index contributed by atoms with van der Waals surface area (Å²) >= 11 is 3.38. The number of nitrogens with zero attached hydrogens (tertiary/aromatic N) is 2. The SMILES string of the molecule is CN1CCC[C@H]1Cc1cn(S(=O)(=O)c2ccccc2Br)c2ccccc12. The third-order valence-corrected chi connectivity index (χ3v) is 7.95. The summed E-state index contributed by atoms with van der Waals surface area (Å²) in [5.41, 5.74) is 1.83. The van der Waals surface area contributed by atoms with E-state index in [0.717, 1.165) is 35.9 Å². The van der Waals surface area contributed by atoms with Crippen LogP contribution in [0.2, 0.25) is 0 Å². The maximum Gasteiger partial charge on any atom is 0.269 e. The molecule has 0 amide bonds. The van der Waals surface area contributed by atoms with E-state index >= 15 is 0 Å². The zero-order valence-corrected chi connectivity index (χ0v) is 17.0. The number of para-hydroxylation sites is 1. The normalized spacial score (nSPS) is 18.6. The van der Waals surface area contributed by atoms with Gasteiger partial charge in [0.15, 0.2) is 0 Å². The number of fused-ring (bicyclic) bond motifs is 1. The second-order valence-corrected chi connectivity index (χ2v) is 9.52. The van der Waals surface area contributed by atoms with Crippen molar-refractivity contribution in [1.82, 2.24) is 8.87 Å². The van der Waals surface area contributed by atoms with E-state index < -0.39 is 10.0 Å². The molecule has 3 aromatic rings. The summed E-state index contributed by atoms with van der Waals surface area (Å²) in [6.45, 7) is 1.11. The molecule has 4 nitrogen and oxygen atoms in total. The van der Waals surface area contributed by atoms with E-state index in [1.165, 1.54) is 10.4 Å². The zero-order valence-electron chi connectivity index (χ0n) is 14.6. The first-order valence-corrected chi connectivity index (χ1v) is 11.0. The minimum absolute atomic E-state index is 0.283. The van der Waals surface area contributed by atoms with E-state index in [1.54, 1.807) is 18.2 Å². The molecule has 2 heterocycles. The third-order valence-electron chi connectivity index (χ3n) is 5.26. The van der Waals surface area contributed by atoms with Crippen molar-refractivity contribution in [2.45, 2.75) is 30.2 Å². The molecule has 0 unspecified atom stereocenters. The van der Waals surface area contributed by atoms with Crippen LogP contribution in [0, 0.1) is 0 Å². The molecule has 4 rings (SSSR count). The second-order valence-electron chi connectivity index (χ2n) is 6.88. The second kappa shape index (κ2) is 6.83. The smallest absolute Gasteiger partial charge is 0.269 e. The molecular formula is C20H21BrN2O2S. The van der Waals surface area contributed by atoms with Crippen molar-refractivity contribution in [3.05, 3.63) is 64.8 Å². The van der Waals surface area contributed by atoms with Crippen LogP contribution in [0.3, 0.4) is 0 Å². The van der Waals surface area contributed by atoms with Crippen molar-refractivity contribution < 1.29 is 8.42 Å². The maximum absolute atomic E-state index is 13.3. The Kier molecular flexibility index (Phi) is 4.67. The fourth-order valence-electron chi connectivity index (χ4n) is 3.83. The molecule has 6 heteroatoms. The summed E-state index contributed by atoms with van der Waals surface area (Å²) in [5.74, 6) is 0. The van der Waals surface area contributed by atoms with Gasteiger partial charge in [0, 0.05) is 22.1 Å². The van der Waals surface area contributed by atoms with Crippen molar-refractivity contribution >= 4 is 36.9 Å². The van der Waals surface area contributed by atoms with Crippen molar-refractivity contribution in [3.8, 4) is 0 Å². The van der Waals surface area contributed by atoms with Crippen LogP contribution in [0.25, 0.3) is 10.9 Å². The molecule has 1 aliphatic rings. The molecule has 1 atom stereocenters. The molecule has 2 aromatic carbocycles. The van der Waals surface area contributed by atoms with E-state index in [2.05, 4.69) is 27.9 Å². The van der Waals surface area contributed by atoms with Gasteiger partial charge in [0.25, 0.3) is 10.0 Å². The van der Waals surface area contributed by atoms with Crippen LogP contribution in [-0.4, -0.2) is 36.9 Å². The topological polar surface area (TPSA) is 42.3 Å². The van der Waals surface area contributed by atoms with Crippen LogP contribution in [-0.2, 0) is 16.4 Å². The van der Waals surface area contributed by atoms with E-state index in [1.807, 2.05) is 36.5 Å². The maximum atomic E-state index is 13.3. The lowest BCUT2D eigenvalue weighted by Crippen LogP contribution is -2.26. The first-order valence-electron chi connectivity index (χ1n) is 8.78. The molecule has 136 valence electrons. The molecule has 1 aromatic heterocycles. The Bertz CT molecular complexity index is 1060. The van der Waals surface area contributed by atoms with Gasteiger partial charge >= 0.3 is 0 Å².